The van der Waals surface area contributed by atoms with Gasteiger partial charge >= 0.3 is 6.18 Å². The highest BCUT2D eigenvalue weighted by Crippen LogP contribution is 2.33. The summed E-state index contributed by atoms with van der Waals surface area (Å²) >= 11 is 1.35. The van der Waals surface area contributed by atoms with Crippen LogP contribution < -0.4 is 5.73 Å². The van der Waals surface area contributed by atoms with E-state index in [2.05, 4.69) is 4.98 Å². The summed E-state index contributed by atoms with van der Waals surface area (Å²) in [6.45, 7) is 0. The molecule has 0 bridgehead atoms. The van der Waals surface area contributed by atoms with Crippen LogP contribution in [0.15, 0.2) is 53.9 Å². The minimum absolute atomic E-state index is 0.231. The van der Waals surface area contributed by atoms with Gasteiger partial charge in [-0.05, 0) is 23.6 Å². The van der Waals surface area contributed by atoms with Gasteiger partial charge in [0.2, 0.25) is 0 Å². The average Bonchev–Trinajstić information content (AvgIpc) is 2.94. The lowest BCUT2D eigenvalue weighted by molar-refractivity contribution is -0.138. The molecule has 0 aliphatic heterocycles. The molecule has 3 rings (SSSR count). The standard InChI is InChI=1S/C17H13F3N2S/c18-17(19,20)14-4-2-1-3-13(14)9-11-5-7-12(8-6-11)15-10-23-16(21)22-15/h1-8,10H,9H2,(H2,21,22). The Morgan fingerprint density at radius 1 is 1.00 bits per heavy atom. The maximum absolute atomic E-state index is 13.0. The summed E-state index contributed by atoms with van der Waals surface area (Å²) in [7, 11) is 0. The number of nitrogens with two attached hydrogens (primary N) is 1. The van der Waals surface area contributed by atoms with E-state index in [4.69, 9.17) is 5.73 Å². The summed E-state index contributed by atoms with van der Waals surface area (Å²) in [6.07, 6.45) is -4.11. The van der Waals surface area contributed by atoms with Crippen molar-refractivity contribution in [1.82, 2.24) is 4.98 Å². The van der Waals surface area contributed by atoms with E-state index in [-0.39, 0.29) is 12.0 Å². The van der Waals surface area contributed by atoms with Crippen molar-refractivity contribution in [2.45, 2.75) is 12.6 Å². The van der Waals surface area contributed by atoms with Crippen LogP contribution in [0.25, 0.3) is 11.3 Å². The predicted octanol–water partition coefficient (Wildman–Crippen LogP) is 5.00. The Kier molecular flexibility index (Phi) is 4.09. The second kappa shape index (κ2) is 6.04. The van der Waals surface area contributed by atoms with E-state index in [0.717, 1.165) is 22.9 Å². The maximum atomic E-state index is 13.0. The lowest BCUT2D eigenvalue weighted by atomic mass is 9.98. The Morgan fingerprint density at radius 3 is 2.30 bits per heavy atom. The summed E-state index contributed by atoms with van der Waals surface area (Å²) in [5.41, 5.74) is 7.77. The first-order chi connectivity index (χ1) is 10.9. The van der Waals surface area contributed by atoms with E-state index in [1.807, 2.05) is 29.6 Å². The van der Waals surface area contributed by atoms with Crippen molar-refractivity contribution in [3.05, 3.63) is 70.6 Å². The Balaban J connectivity index is 1.85. The van der Waals surface area contributed by atoms with Gasteiger partial charge in [-0.25, -0.2) is 4.98 Å². The first kappa shape index (κ1) is 15.6. The van der Waals surface area contributed by atoms with Crippen LogP contribution in [0.2, 0.25) is 0 Å². The predicted molar refractivity (Wildman–Crippen MR) is 86.2 cm³/mol. The van der Waals surface area contributed by atoms with E-state index in [0.29, 0.717) is 5.13 Å². The molecule has 0 aliphatic rings. The number of nitrogens with zero attached hydrogens (tertiary/aromatic N) is 1. The number of halogens is 3. The van der Waals surface area contributed by atoms with Crippen molar-refractivity contribution in [3.8, 4) is 11.3 Å². The molecule has 0 amide bonds. The van der Waals surface area contributed by atoms with Gasteiger partial charge in [0.15, 0.2) is 5.13 Å². The molecule has 0 aliphatic carbocycles. The van der Waals surface area contributed by atoms with Gasteiger partial charge in [-0.1, -0.05) is 42.5 Å². The molecule has 0 spiro atoms. The highest BCUT2D eigenvalue weighted by atomic mass is 32.1. The van der Waals surface area contributed by atoms with Crippen LogP contribution in [0.4, 0.5) is 18.3 Å². The molecule has 1 heterocycles. The van der Waals surface area contributed by atoms with Crippen molar-refractivity contribution in [1.29, 1.82) is 0 Å². The molecule has 3 aromatic rings. The third kappa shape index (κ3) is 3.53. The van der Waals surface area contributed by atoms with Gasteiger partial charge in [0, 0.05) is 10.9 Å². The number of alkyl halides is 3. The quantitative estimate of drug-likeness (QED) is 0.732. The average molecular weight is 334 g/mol. The minimum atomic E-state index is -4.34. The highest BCUT2D eigenvalue weighted by molar-refractivity contribution is 7.13. The second-order valence-corrected chi connectivity index (χ2v) is 5.99. The number of thiazole rings is 1. The summed E-state index contributed by atoms with van der Waals surface area (Å²) in [5, 5.41) is 2.34. The number of hydrogen-bond acceptors (Lipinski definition) is 3. The molecule has 0 saturated carbocycles. The molecule has 2 aromatic carbocycles. The van der Waals surface area contributed by atoms with Gasteiger partial charge < -0.3 is 5.73 Å². The monoisotopic (exact) mass is 334 g/mol. The zero-order chi connectivity index (χ0) is 16.4. The number of benzene rings is 2. The fourth-order valence-electron chi connectivity index (χ4n) is 2.38. The van der Waals surface area contributed by atoms with Crippen LogP contribution in [0, 0.1) is 0 Å². The topological polar surface area (TPSA) is 38.9 Å². The van der Waals surface area contributed by atoms with Crippen LogP contribution in [0.5, 0.6) is 0 Å². The van der Waals surface area contributed by atoms with E-state index in [9.17, 15) is 13.2 Å². The van der Waals surface area contributed by atoms with E-state index < -0.39 is 11.7 Å². The largest absolute Gasteiger partial charge is 0.416 e. The first-order valence-electron chi connectivity index (χ1n) is 6.89. The molecule has 6 heteroatoms. The van der Waals surface area contributed by atoms with Crippen molar-refractivity contribution in [2.75, 3.05) is 5.73 Å². The molecule has 118 valence electrons. The van der Waals surface area contributed by atoms with E-state index >= 15 is 0 Å². The van der Waals surface area contributed by atoms with Gasteiger partial charge in [-0.3, -0.25) is 0 Å². The Hall–Kier alpha value is -2.34. The lowest BCUT2D eigenvalue weighted by Gasteiger charge is -2.12. The van der Waals surface area contributed by atoms with Crippen molar-refractivity contribution in [3.63, 3.8) is 0 Å². The molecule has 2 N–H and O–H groups in total. The molecule has 1 aromatic heterocycles. The van der Waals surface area contributed by atoms with Gasteiger partial charge in [-0.2, -0.15) is 13.2 Å². The normalized spacial score (nSPS) is 11.6. The number of nitrogen functional groups attached to an aromatic ring is 1. The van der Waals surface area contributed by atoms with Crippen LogP contribution in [0.1, 0.15) is 16.7 Å². The minimum Gasteiger partial charge on any atom is -0.375 e. The summed E-state index contributed by atoms with van der Waals surface area (Å²) in [6, 6.07) is 13.0. The van der Waals surface area contributed by atoms with Gasteiger partial charge in [0.05, 0.1) is 11.3 Å². The zero-order valence-electron chi connectivity index (χ0n) is 12.0. The molecule has 0 fully saturated rings. The molecular weight excluding hydrogens is 321 g/mol. The number of anilines is 1. The van der Waals surface area contributed by atoms with E-state index in [1.165, 1.54) is 23.5 Å². The van der Waals surface area contributed by atoms with Crippen molar-refractivity contribution < 1.29 is 13.2 Å². The number of aromatic nitrogens is 1. The van der Waals surface area contributed by atoms with Crippen molar-refractivity contribution in [2.24, 2.45) is 0 Å². The molecule has 0 unspecified atom stereocenters. The van der Waals surface area contributed by atoms with E-state index in [1.54, 1.807) is 6.07 Å². The molecule has 0 saturated heterocycles. The molecule has 0 radical (unpaired) electrons. The Morgan fingerprint density at radius 2 is 1.70 bits per heavy atom. The SMILES string of the molecule is Nc1nc(-c2ccc(Cc3ccccc3C(F)(F)F)cc2)cs1. The Bertz CT molecular complexity index is 807. The van der Waals surface area contributed by atoms with Gasteiger partial charge in [-0.15, -0.1) is 11.3 Å². The Labute approximate surface area is 135 Å². The zero-order valence-corrected chi connectivity index (χ0v) is 12.8. The van der Waals surface area contributed by atoms with Gasteiger partial charge in [0.25, 0.3) is 0 Å². The van der Waals surface area contributed by atoms with Gasteiger partial charge in [0.1, 0.15) is 0 Å². The van der Waals surface area contributed by atoms with Crippen LogP contribution >= 0.6 is 11.3 Å². The third-order valence-corrected chi connectivity index (χ3v) is 4.16. The van der Waals surface area contributed by atoms with Crippen LogP contribution in [-0.2, 0) is 12.6 Å². The summed E-state index contributed by atoms with van der Waals surface area (Å²) < 4.78 is 39.1. The fourth-order valence-corrected chi connectivity index (χ4v) is 2.96. The number of hydrogen-bond donors (Lipinski definition) is 1. The smallest absolute Gasteiger partial charge is 0.375 e. The lowest BCUT2D eigenvalue weighted by Crippen LogP contribution is -2.09. The summed E-state index contributed by atoms with van der Waals surface area (Å²) in [5.74, 6) is 0. The van der Waals surface area contributed by atoms with Crippen molar-refractivity contribution >= 4 is 16.5 Å². The fraction of sp³-hybridized carbons (Fsp3) is 0.118. The molecule has 0 atom stereocenters. The maximum Gasteiger partial charge on any atom is 0.416 e. The summed E-state index contributed by atoms with van der Waals surface area (Å²) in [4.78, 5) is 4.19. The molecule has 2 nitrogen and oxygen atoms in total. The van der Waals surface area contributed by atoms with Crippen LogP contribution in [-0.4, -0.2) is 4.98 Å². The highest BCUT2D eigenvalue weighted by Gasteiger charge is 2.32. The molecule has 23 heavy (non-hydrogen) atoms. The number of rotatable bonds is 3. The molecular formula is C17H13F3N2S. The third-order valence-electron chi connectivity index (χ3n) is 3.49. The second-order valence-electron chi connectivity index (χ2n) is 5.10. The van der Waals surface area contributed by atoms with Crippen LogP contribution in [0.3, 0.4) is 0 Å². The first-order valence-corrected chi connectivity index (χ1v) is 7.77.